The molecule has 11 nitrogen and oxygen atoms in total. The Morgan fingerprint density at radius 3 is 0.600 bits per heavy atom. The number of carbonyl (C=O) groups is 2. The molecular formula is C88H144BrNO10. The van der Waals surface area contributed by atoms with Crippen LogP contribution < -0.4 is 5.32 Å². The van der Waals surface area contributed by atoms with Crippen LogP contribution in [0.25, 0.3) is 0 Å². The minimum atomic E-state index is -0.295. The summed E-state index contributed by atoms with van der Waals surface area (Å²) in [5.41, 5.74) is 0. The quantitative estimate of drug-likeness (QED) is 0.110. The molecule has 1 N–H and O–H groups in total. The maximum absolute atomic E-state index is 10.4. The molecule has 1 amide bonds. The fraction of sp³-hybridized carbons (Fsp3) is 0.409. The number of methoxy groups -OCH3 is 2. The van der Waals surface area contributed by atoms with Gasteiger partial charge in [0.15, 0.2) is 0 Å². The number of nitrogens with one attached hydrogen (secondary N) is 1. The summed E-state index contributed by atoms with van der Waals surface area (Å²) in [7, 11) is 3.28. The molecule has 0 saturated carbocycles. The van der Waals surface area contributed by atoms with Crippen molar-refractivity contribution < 1.29 is 45.9 Å². The van der Waals surface area contributed by atoms with Gasteiger partial charge in [0.2, 0.25) is 5.91 Å². The van der Waals surface area contributed by atoms with E-state index in [0.717, 1.165) is 29.5 Å². The van der Waals surface area contributed by atoms with E-state index in [-0.39, 0.29) is 18.5 Å². The van der Waals surface area contributed by atoms with Gasteiger partial charge < -0.3 is 41.6 Å². The molecule has 0 atom stereocenters. The predicted molar refractivity (Wildman–Crippen MR) is 441 cm³/mol. The molecule has 100 heavy (non-hydrogen) atoms. The third-order valence-corrected chi connectivity index (χ3v) is 8.08. The van der Waals surface area contributed by atoms with E-state index in [1.807, 2.05) is 300 Å². The van der Waals surface area contributed by atoms with Crippen molar-refractivity contribution in [2.24, 2.45) is 0 Å². The van der Waals surface area contributed by atoms with Crippen molar-refractivity contribution >= 4 is 27.8 Å². The van der Waals surface area contributed by atoms with E-state index in [0.29, 0.717) is 25.5 Å². The number of alkyl halides is 1. The Labute approximate surface area is 622 Å². The zero-order chi connectivity index (χ0) is 78.3. The van der Waals surface area contributed by atoms with Crippen LogP contribution >= 0.6 is 15.9 Å². The summed E-state index contributed by atoms with van der Waals surface area (Å²) in [5.74, 6) is 5.70. The highest BCUT2D eigenvalue weighted by atomic mass is 79.9. The van der Waals surface area contributed by atoms with Crippen molar-refractivity contribution in [3.05, 3.63) is 303 Å². The molecule has 10 rings (SSSR count). The zero-order valence-electron chi connectivity index (χ0n) is 67.5. The largest absolute Gasteiger partial charge is 0.469 e. The van der Waals surface area contributed by atoms with Crippen LogP contribution in [0.1, 0.15) is 220 Å². The van der Waals surface area contributed by atoms with Crippen LogP contribution in [0.15, 0.2) is 296 Å². The Bertz CT molecular complexity index is 2170. The molecule has 0 unspecified atom stereocenters. The molecule has 0 spiro atoms. The van der Waals surface area contributed by atoms with Gasteiger partial charge >= 0.3 is 5.97 Å². The minimum absolute atomic E-state index is 0.0450. The van der Waals surface area contributed by atoms with Crippen molar-refractivity contribution in [1.29, 1.82) is 0 Å². The van der Waals surface area contributed by atoms with Crippen LogP contribution in [-0.4, -0.2) is 31.9 Å². The normalized spacial score (nSPS) is 7.71. The summed E-state index contributed by atoms with van der Waals surface area (Å²) in [5, 5.41) is 2.62. The van der Waals surface area contributed by atoms with E-state index in [1.165, 1.54) is 46.0 Å². The fourth-order valence-electron chi connectivity index (χ4n) is 4.70. The number of esters is 1. The molecule has 12 heteroatoms. The Hall–Kier alpha value is -8.16. The first-order chi connectivity index (χ1) is 48.9. The second-order valence-electron chi connectivity index (χ2n) is 17.6. The molecule has 0 radical (unpaired) electrons. The maximum atomic E-state index is 10.4. The number of hydrogen-bond acceptors (Lipinski definition) is 10. The molecule has 0 aliphatic carbocycles. The lowest BCUT2D eigenvalue weighted by Crippen LogP contribution is -2.18. The van der Waals surface area contributed by atoms with E-state index in [9.17, 15) is 9.59 Å². The van der Waals surface area contributed by atoms with Gasteiger partial charge in [-0.15, -0.1) is 0 Å². The Morgan fingerprint density at radius 1 is 0.300 bits per heavy atom. The second-order valence-corrected chi connectivity index (χ2v) is 17.6. The van der Waals surface area contributed by atoms with E-state index < -0.39 is 0 Å². The van der Waals surface area contributed by atoms with Crippen LogP contribution in [-0.2, 0) is 56.6 Å². The summed E-state index contributed by atoms with van der Waals surface area (Å²) >= 11 is 2.94. The van der Waals surface area contributed by atoms with Crippen LogP contribution in [0.5, 0.6) is 0 Å². The third-order valence-electron chi connectivity index (χ3n) is 8.08. The standard InChI is InChI=1S/C7H9NO2.C7H8O3.2C6H8O2.C6H8O.5C6H6.5C3H8.5C2H6.CH3Br/c1-6(9)8-5-7-3-2-4-10-7;1-6(8)10-5-7-3-2-4-9-7;2*1-7-5-6-3-2-4-8-6;1-2-6-4-3-5-7-6;5*1-2-4-6-5-3-1;5*1-3-2;6*1-2/h2-4H,5H2,1H3,(H,8,9);2-4H,5H2,1H3;2*2-4H,5H2,1H3;3-5H,2H2,1H3;5*1-6H;5*3H2,1-2H3;5*1-2H3;1H3. The van der Waals surface area contributed by atoms with Crippen LogP contribution in [0.4, 0.5) is 0 Å². The SMILES string of the molecule is CBr.CC.CC.CC.CC.CC.CC(=O)NCc1ccco1.CC(=O)OCc1ccco1.CCC.CCC.CCC.CCC.CCC.CCc1ccco1.COCc1ccco1.COCc1ccco1.c1ccccc1.c1ccccc1.c1ccccc1.c1ccccc1.c1ccccc1. The van der Waals surface area contributed by atoms with Crippen LogP contribution in [0, 0.1) is 0 Å². The number of amides is 1. The number of aryl methyl sites for hydroxylation is 1. The molecule has 568 valence electrons. The number of hydrogen-bond donors (Lipinski definition) is 1. The lowest BCUT2D eigenvalue weighted by Gasteiger charge is -1.95. The average molecular weight is 1460 g/mol. The van der Waals surface area contributed by atoms with Gasteiger partial charge in [-0.2, -0.15) is 0 Å². The van der Waals surface area contributed by atoms with Gasteiger partial charge in [0, 0.05) is 34.5 Å². The smallest absolute Gasteiger partial charge is 0.303 e. The van der Waals surface area contributed by atoms with Crippen molar-refractivity contribution in [3.63, 3.8) is 0 Å². The van der Waals surface area contributed by atoms with E-state index in [1.54, 1.807) is 63.7 Å². The lowest BCUT2D eigenvalue weighted by atomic mass is 10.4. The van der Waals surface area contributed by atoms with Crippen molar-refractivity contribution in [3.8, 4) is 0 Å². The summed E-state index contributed by atoms with van der Waals surface area (Å²) in [6.07, 6.45) is 15.3. The predicted octanol–water partition coefficient (Wildman–Crippen LogP) is 28.6. The number of rotatable bonds is 9. The average Bonchev–Trinajstić information content (AvgIpc) is 2.97. The first kappa shape index (κ1) is 116. The number of benzene rings is 5. The Balaban J connectivity index is -0.0000000944. The van der Waals surface area contributed by atoms with Gasteiger partial charge in [0.25, 0.3) is 0 Å². The second kappa shape index (κ2) is 124. The highest BCUT2D eigenvalue weighted by molar-refractivity contribution is 9.08. The fourth-order valence-corrected chi connectivity index (χ4v) is 4.70. The van der Waals surface area contributed by atoms with Gasteiger partial charge in [-0.1, -0.05) is 375 Å². The van der Waals surface area contributed by atoms with Crippen molar-refractivity contribution in [1.82, 2.24) is 5.32 Å². The maximum Gasteiger partial charge on any atom is 0.303 e. The summed E-state index contributed by atoms with van der Waals surface area (Å²) in [4.78, 5) is 20.7. The molecule has 0 bridgehead atoms. The van der Waals surface area contributed by atoms with Crippen molar-refractivity contribution in [2.45, 2.75) is 224 Å². The molecule has 0 aliphatic rings. The Kier molecular flexibility index (Phi) is 144. The molecule has 5 heterocycles. The molecular weight excluding hydrogens is 1310 g/mol. The first-order valence-corrected chi connectivity index (χ1v) is 37.4. The van der Waals surface area contributed by atoms with Crippen LogP contribution in [0.3, 0.4) is 0 Å². The number of halogens is 1. The summed E-state index contributed by atoms with van der Waals surface area (Å²) < 4.78 is 39.0. The van der Waals surface area contributed by atoms with Gasteiger partial charge in [-0.05, 0) is 66.5 Å². The lowest BCUT2D eigenvalue weighted by molar-refractivity contribution is -0.142. The molecule has 5 aromatic heterocycles. The first-order valence-electron chi connectivity index (χ1n) is 35.8. The molecule has 0 saturated heterocycles. The molecule has 0 fully saturated rings. The highest BCUT2D eigenvalue weighted by Crippen LogP contribution is 2.03. The third kappa shape index (κ3) is 127. The van der Waals surface area contributed by atoms with Gasteiger partial charge in [0.1, 0.15) is 48.6 Å². The van der Waals surface area contributed by atoms with E-state index in [4.69, 9.17) is 31.6 Å². The van der Waals surface area contributed by atoms with Gasteiger partial charge in [-0.25, -0.2) is 0 Å². The van der Waals surface area contributed by atoms with Gasteiger partial charge in [0.05, 0.1) is 37.9 Å². The molecule has 5 aromatic carbocycles. The Morgan fingerprint density at radius 2 is 0.470 bits per heavy atom. The highest BCUT2D eigenvalue weighted by Gasteiger charge is 1.97. The van der Waals surface area contributed by atoms with Gasteiger partial charge in [-0.3, -0.25) is 9.59 Å². The summed E-state index contributed by atoms with van der Waals surface area (Å²) in [6, 6.07) is 78.4. The number of carbonyl (C=O) groups excluding carboxylic acids is 2. The van der Waals surface area contributed by atoms with Crippen molar-refractivity contribution in [2.75, 3.05) is 20.1 Å². The zero-order valence-corrected chi connectivity index (χ0v) is 69.1. The minimum Gasteiger partial charge on any atom is -0.469 e. The summed E-state index contributed by atoms with van der Waals surface area (Å²) in [6.45, 7) is 48.0. The number of ether oxygens (including phenoxy) is 3. The van der Waals surface area contributed by atoms with E-state index >= 15 is 0 Å². The monoisotopic (exact) mass is 1450 g/mol. The molecule has 0 aliphatic heterocycles. The van der Waals surface area contributed by atoms with E-state index in [2.05, 4.69) is 102 Å². The number of furan rings is 5. The topological polar surface area (TPSA) is 140 Å². The van der Waals surface area contributed by atoms with Crippen LogP contribution in [0.2, 0.25) is 0 Å². The molecule has 10 aromatic rings.